The highest BCUT2D eigenvalue weighted by Crippen LogP contribution is 2.22. The summed E-state index contributed by atoms with van der Waals surface area (Å²) in [6, 6.07) is 5.88. The smallest absolute Gasteiger partial charge is 0.119 e. The summed E-state index contributed by atoms with van der Waals surface area (Å²) in [5.41, 5.74) is 1.17. The number of hydrogen-bond acceptors (Lipinski definition) is 3. The Bertz CT molecular complexity index is 367. The van der Waals surface area contributed by atoms with Crippen LogP contribution in [-0.2, 0) is 6.54 Å². The first-order valence-electron chi connectivity index (χ1n) is 6.29. The predicted octanol–water partition coefficient (Wildman–Crippen LogP) is 2.95. The molecule has 3 nitrogen and oxygen atoms in total. The van der Waals surface area contributed by atoms with Gasteiger partial charge in [-0.3, -0.25) is 0 Å². The fraction of sp³-hybridized carbons (Fsp3) is 0.571. The molecule has 0 aliphatic carbocycles. The largest absolute Gasteiger partial charge is 0.491 e. The molecule has 0 amide bonds. The summed E-state index contributed by atoms with van der Waals surface area (Å²) < 4.78 is 6.56. The summed E-state index contributed by atoms with van der Waals surface area (Å²) in [7, 11) is 0. The molecule has 0 saturated heterocycles. The number of nitrogens with one attached hydrogen (secondary N) is 1. The number of ether oxygens (including phenoxy) is 1. The van der Waals surface area contributed by atoms with Crippen molar-refractivity contribution < 1.29 is 9.84 Å². The predicted molar refractivity (Wildman–Crippen MR) is 77.9 cm³/mol. The van der Waals surface area contributed by atoms with E-state index in [0.29, 0.717) is 12.5 Å². The Labute approximate surface area is 118 Å². The molecule has 4 heteroatoms. The summed E-state index contributed by atoms with van der Waals surface area (Å²) >= 11 is 3.53. The van der Waals surface area contributed by atoms with E-state index in [1.165, 1.54) is 5.56 Å². The average molecular weight is 316 g/mol. The molecule has 0 heterocycles. The van der Waals surface area contributed by atoms with Gasteiger partial charge in [-0.2, -0.15) is 0 Å². The highest BCUT2D eigenvalue weighted by atomic mass is 79.9. The second kappa shape index (κ2) is 7.77. The first kappa shape index (κ1) is 15.5. The summed E-state index contributed by atoms with van der Waals surface area (Å²) in [4.78, 5) is 0. The molecule has 0 spiro atoms. The summed E-state index contributed by atoms with van der Waals surface area (Å²) in [6.45, 7) is 8.20. The third-order valence-electron chi connectivity index (χ3n) is 2.38. The normalized spacial score (nSPS) is 12.8. The van der Waals surface area contributed by atoms with Gasteiger partial charge in [0.15, 0.2) is 0 Å². The highest BCUT2D eigenvalue weighted by molar-refractivity contribution is 9.10. The summed E-state index contributed by atoms with van der Waals surface area (Å²) in [5.74, 6) is 1.43. The standard InChI is InChI=1S/C14H22BrNO2/c1-10(2)7-16-8-12-6-13(4-5-14(12)15)18-9-11(3)17/h4-6,10-11,16-17H,7-9H2,1-3H3. The number of halogens is 1. The second-order valence-corrected chi connectivity index (χ2v) is 5.79. The molecule has 0 aromatic heterocycles. The lowest BCUT2D eigenvalue weighted by atomic mass is 10.2. The van der Waals surface area contributed by atoms with Crippen LogP contribution in [0.15, 0.2) is 22.7 Å². The molecule has 1 aromatic carbocycles. The molecule has 1 rings (SSSR count). The van der Waals surface area contributed by atoms with Crippen LogP contribution in [0.3, 0.4) is 0 Å². The second-order valence-electron chi connectivity index (χ2n) is 4.94. The van der Waals surface area contributed by atoms with Gasteiger partial charge in [-0.15, -0.1) is 0 Å². The SMILES string of the molecule is CC(C)CNCc1cc(OCC(C)O)ccc1Br. The van der Waals surface area contributed by atoms with Gasteiger partial charge in [0, 0.05) is 11.0 Å². The molecule has 102 valence electrons. The van der Waals surface area contributed by atoms with E-state index in [0.717, 1.165) is 23.3 Å². The maximum atomic E-state index is 9.19. The van der Waals surface area contributed by atoms with E-state index in [9.17, 15) is 5.11 Å². The molecule has 0 aliphatic rings. The van der Waals surface area contributed by atoms with Crippen molar-refractivity contribution >= 4 is 15.9 Å². The van der Waals surface area contributed by atoms with Crippen LogP contribution in [0.25, 0.3) is 0 Å². The van der Waals surface area contributed by atoms with Gasteiger partial charge in [0.05, 0.1) is 6.10 Å². The van der Waals surface area contributed by atoms with Crippen LogP contribution in [-0.4, -0.2) is 24.4 Å². The van der Waals surface area contributed by atoms with Crippen molar-refractivity contribution in [2.45, 2.75) is 33.4 Å². The minimum Gasteiger partial charge on any atom is -0.491 e. The van der Waals surface area contributed by atoms with Crippen LogP contribution < -0.4 is 10.1 Å². The molecule has 0 saturated carbocycles. The van der Waals surface area contributed by atoms with Crippen molar-refractivity contribution in [1.29, 1.82) is 0 Å². The van der Waals surface area contributed by atoms with Gasteiger partial charge in [0.1, 0.15) is 12.4 Å². The van der Waals surface area contributed by atoms with Gasteiger partial charge in [0.25, 0.3) is 0 Å². The fourth-order valence-corrected chi connectivity index (χ4v) is 1.88. The number of hydrogen-bond donors (Lipinski definition) is 2. The monoisotopic (exact) mass is 315 g/mol. The van der Waals surface area contributed by atoms with E-state index in [1.807, 2.05) is 18.2 Å². The minimum absolute atomic E-state index is 0.320. The van der Waals surface area contributed by atoms with E-state index in [4.69, 9.17) is 4.74 Å². The van der Waals surface area contributed by atoms with Crippen LogP contribution in [0, 0.1) is 5.92 Å². The maximum absolute atomic E-state index is 9.19. The van der Waals surface area contributed by atoms with E-state index < -0.39 is 6.10 Å². The number of benzene rings is 1. The molecule has 0 aliphatic heterocycles. The summed E-state index contributed by atoms with van der Waals surface area (Å²) in [5, 5.41) is 12.6. The topological polar surface area (TPSA) is 41.5 Å². The van der Waals surface area contributed by atoms with Crippen molar-refractivity contribution in [3.8, 4) is 5.75 Å². The lowest BCUT2D eigenvalue weighted by molar-refractivity contribution is 0.122. The molecule has 0 bridgehead atoms. The third kappa shape index (κ3) is 5.85. The highest BCUT2D eigenvalue weighted by Gasteiger charge is 2.04. The lowest BCUT2D eigenvalue weighted by Crippen LogP contribution is -2.19. The zero-order valence-electron chi connectivity index (χ0n) is 11.2. The molecule has 0 fully saturated rings. The summed E-state index contributed by atoms with van der Waals surface area (Å²) in [6.07, 6.45) is -0.448. The van der Waals surface area contributed by atoms with E-state index in [-0.39, 0.29) is 0 Å². The molecule has 1 aromatic rings. The van der Waals surface area contributed by atoms with Gasteiger partial charge in [-0.05, 0) is 43.1 Å². The van der Waals surface area contributed by atoms with Crippen LogP contribution >= 0.6 is 15.9 Å². The van der Waals surface area contributed by atoms with E-state index >= 15 is 0 Å². The molecule has 0 radical (unpaired) electrons. The van der Waals surface area contributed by atoms with Crippen molar-refractivity contribution in [2.75, 3.05) is 13.2 Å². The molecule has 2 N–H and O–H groups in total. The third-order valence-corrected chi connectivity index (χ3v) is 3.15. The molecule has 1 unspecified atom stereocenters. The van der Waals surface area contributed by atoms with Crippen LogP contribution in [0.1, 0.15) is 26.3 Å². The first-order chi connectivity index (χ1) is 8.49. The molecular weight excluding hydrogens is 294 g/mol. The van der Waals surface area contributed by atoms with E-state index in [1.54, 1.807) is 6.92 Å². The quantitative estimate of drug-likeness (QED) is 0.813. The molecule has 18 heavy (non-hydrogen) atoms. The van der Waals surface area contributed by atoms with Gasteiger partial charge in [0.2, 0.25) is 0 Å². The Morgan fingerprint density at radius 3 is 2.67 bits per heavy atom. The average Bonchev–Trinajstić information content (AvgIpc) is 2.29. The minimum atomic E-state index is -0.448. The number of aliphatic hydroxyl groups is 1. The van der Waals surface area contributed by atoms with Gasteiger partial charge < -0.3 is 15.2 Å². The van der Waals surface area contributed by atoms with Gasteiger partial charge in [-0.25, -0.2) is 0 Å². The molecular formula is C14H22BrNO2. The Hall–Kier alpha value is -0.580. The first-order valence-corrected chi connectivity index (χ1v) is 7.08. The van der Waals surface area contributed by atoms with Crippen molar-refractivity contribution in [3.05, 3.63) is 28.2 Å². The number of aliphatic hydroxyl groups excluding tert-OH is 1. The Morgan fingerprint density at radius 2 is 2.06 bits per heavy atom. The van der Waals surface area contributed by atoms with Crippen molar-refractivity contribution in [3.63, 3.8) is 0 Å². The van der Waals surface area contributed by atoms with Crippen LogP contribution in [0.5, 0.6) is 5.75 Å². The Kier molecular flexibility index (Phi) is 6.68. The Morgan fingerprint density at radius 1 is 1.33 bits per heavy atom. The van der Waals surface area contributed by atoms with E-state index in [2.05, 4.69) is 35.1 Å². The van der Waals surface area contributed by atoms with Crippen LogP contribution in [0.2, 0.25) is 0 Å². The zero-order valence-corrected chi connectivity index (χ0v) is 12.8. The number of rotatable bonds is 7. The van der Waals surface area contributed by atoms with Crippen LogP contribution in [0.4, 0.5) is 0 Å². The lowest BCUT2D eigenvalue weighted by Gasteiger charge is -2.12. The fourth-order valence-electron chi connectivity index (χ4n) is 1.49. The maximum Gasteiger partial charge on any atom is 0.119 e. The molecule has 1 atom stereocenters. The Balaban J connectivity index is 2.57. The van der Waals surface area contributed by atoms with Gasteiger partial charge >= 0.3 is 0 Å². The van der Waals surface area contributed by atoms with Crippen molar-refractivity contribution in [1.82, 2.24) is 5.32 Å². The van der Waals surface area contributed by atoms with Crippen molar-refractivity contribution in [2.24, 2.45) is 5.92 Å². The van der Waals surface area contributed by atoms with Gasteiger partial charge in [-0.1, -0.05) is 29.8 Å². The zero-order chi connectivity index (χ0) is 13.5.